The predicted molar refractivity (Wildman–Crippen MR) is 46.2 cm³/mol. The monoisotopic (exact) mass is 204 g/mol. The summed E-state index contributed by atoms with van der Waals surface area (Å²) >= 11 is 0. The van der Waals surface area contributed by atoms with E-state index in [1.54, 1.807) is 6.07 Å². The number of nitriles is 1. The molecule has 0 amide bonds. The number of aliphatic hydroxyl groups excluding tert-OH is 1. The zero-order chi connectivity index (χ0) is 9.95. The topological polar surface area (TPSA) is 90.2 Å². The highest BCUT2D eigenvalue weighted by atomic mass is 32.2. The minimum absolute atomic E-state index is 0.197. The Hall–Kier alpha value is -0.640. The van der Waals surface area contributed by atoms with E-state index < -0.39 is 21.3 Å². The van der Waals surface area contributed by atoms with Gasteiger partial charge in [0, 0.05) is 0 Å². The van der Waals surface area contributed by atoms with Crippen LogP contribution in [-0.4, -0.2) is 31.4 Å². The highest BCUT2D eigenvalue weighted by Gasteiger charge is 2.39. The van der Waals surface area contributed by atoms with Gasteiger partial charge in [-0.25, -0.2) is 13.1 Å². The molecule has 0 aromatic rings. The Kier molecular flexibility index (Phi) is 2.91. The van der Waals surface area contributed by atoms with Crippen LogP contribution in [-0.2, 0) is 10.0 Å². The molecule has 74 valence electrons. The van der Waals surface area contributed by atoms with Crippen molar-refractivity contribution in [1.82, 2.24) is 4.72 Å². The van der Waals surface area contributed by atoms with Gasteiger partial charge in [0.1, 0.15) is 0 Å². The summed E-state index contributed by atoms with van der Waals surface area (Å²) in [6.07, 6.45) is 2.21. The van der Waals surface area contributed by atoms with E-state index in [-0.39, 0.29) is 6.61 Å². The highest BCUT2D eigenvalue weighted by molar-refractivity contribution is 7.89. The van der Waals surface area contributed by atoms with Crippen molar-refractivity contribution in [2.45, 2.75) is 24.8 Å². The van der Waals surface area contributed by atoms with Gasteiger partial charge < -0.3 is 5.11 Å². The maximum atomic E-state index is 11.2. The lowest BCUT2D eigenvalue weighted by Crippen LogP contribution is -2.56. The summed E-state index contributed by atoms with van der Waals surface area (Å²) in [5.74, 6) is -0.547. The molecule has 0 bridgehead atoms. The van der Waals surface area contributed by atoms with E-state index in [4.69, 9.17) is 10.4 Å². The third kappa shape index (κ3) is 2.40. The van der Waals surface area contributed by atoms with E-state index in [1.165, 1.54) is 0 Å². The van der Waals surface area contributed by atoms with E-state index in [9.17, 15) is 8.42 Å². The Balaban J connectivity index is 2.62. The summed E-state index contributed by atoms with van der Waals surface area (Å²) in [4.78, 5) is 0. The second-order valence-electron chi connectivity index (χ2n) is 3.31. The molecule has 2 N–H and O–H groups in total. The first-order valence-electron chi connectivity index (χ1n) is 4.03. The molecule has 0 aromatic carbocycles. The molecule has 0 unspecified atom stereocenters. The molecule has 0 spiro atoms. The van der Waals surface area contributed by atoms with E-state index in [0.29, 0.717) is 12.8 Å². The van der Waals surface area contributed by atoms with Crippen LogP contribution in [0.1, 0.15) is 19.3 Å². The van der Waals surface area contributed by atoms with Crippen LogP contribution in [0, 0.1) is 11.3 Å². The van der Waals surface area contributed by atoms with Crippen LogP contribution < -0.4 is 4.72 Å². The second-order valence-corrected chi connectivity index (χ2v) is 5.03. The fourth-order valence-electron chi connectivity index (χ4n) is 1.35. The summed E-state index contributed by atoms with van der Waals surface area (Å²) in [6, 6.07) is 1.57. The van der Waals surface area contributed by atoms with Crippen molar-refractivity contribution in [3.05, 3.63) is 0 Å². The number of sulfonamides is 1. The lowest BCUT2D eigenvalue weighted by Gasteiger charge is -2.40. The van der Waals surface area contributed by atoms with E-state index >= 15 is 0 Å². The Labute approximate surface area is 77.4 Å². The number of aliphatic hydroxyl groups is 1. The van der Waals surface area contributed by atoms with Crippen LogP contribution in [0.2, 0.25) is 0 Å². The molecule has 1 aliphatic carbocycles. The molecule has 1 fully saturated rings. The average Bonchev–Trinajstić information content (AvgIpc) is 1.97. The SMILES string of the molecule is N#CCS(=O)(=O)NC1(CO)CCC1. The minimum Gasteiger partial charge on any atom is -0.394 e. The van der Waals surface area contributed by atoms with Gasteiger partial charge in [0.15, 0.2) is 5.75 Å². The highest BCUT2D eigenvalue weighted by Crippen LogP contribution is 2.31. The number of hydrogen-bond acceptors (Lipinski definition) is 4. The fourth-order valence-corrected chi connectivity index (χ4v) is 2.52. The number of nitrogens with zero attached hydrogens (tertiary/aromatic N) is 1. The normalized spacial score (nSPS) is 20.3. The first-order valence-corrected chi connectivity index (χ1v) is 5.68. The van der Waals surface area contributed by atoms with Crippen LogP contribution in [0.3, 0.4) is 0 Å². The minimum atomic E-state index is -3.53. The second kappa shape index (κ2) is 3.62. The number of rotatable bonds is 4. The van der Waals surface area contributed by atoms with Gasteiger partial charge in [0.05, 0.1) is 18.2 Å². The van der Waals surface area contributed by atoms with Crippen molar-refractivity contribution in [3.63, 3.8) is 0 Å². The van der Waals surface area contributed by atoms with Crippen molar-refractivity contribution in [1.29, 1.82) is 5.26 Å². The van der Waals surface area contributed by atoms with Gasteiger partial charge in [-0.15, -0.1) is 0 Å². The van der Waals surface area contributed by atoms with Crippen LogP contribution in [0.5, 0.6) is 0 Å². The predicted octanol–water partition coefficient (Wildman–Crippen LogP) is -0.656. The fraction of sp³-hybridized carbons (Fsp3) is 0.857. The average molecular weight is 204 g/mol. The van der Waals surface area contributed by atoms with E-state index in [0.717, 1.165) is 6.42 Å². The summed E-state index contributed by atoms with van der Waals surface area (Å²) in [5.41, 5.74) is -0.685. The number of hydrogen-bond donors (Lipinski definition) is 2. The van der Waals surface area contributed by atoms with Crippen molar-refractivity contribution in [2.75, 3.05) is 12.4 Å². The van der Waals surface area contributed by atoms with Crippen molar-refractivity contribution in [2.24, 2.45) is 0 Å². The van der Waals surface area contributed by atoms with Crippen molar-refractivity contribution >= 4 is 10.0 Å². The zero-order valence-electron chi connectivity index (χ0n) is 7.15. The number of nitrogens with one attached hydrogen (secondary N) is 1. The zero-order valence-corrected chi connectivity index (χ0v) is 7.97. The quantitative estimate of drug-likeness (QED) is 0.636. The molecule has 1 saturated carbocycles. The first kappa shape index (κ1) is 10.4. The lowest BCUT2D eigenvalue weighted by atomic mass is 9.78. The van der Waals surface area contributed by atoms with Crippen molar-refractivity contribution in [3.8, 4) is 6.07 Å². The molecular weight excluding hydrogens is 192 g/mol. The first-order chi connectivity index (χ1) is 6.04. The Morgan fingerprint density at radius 3 is 2.46 bits per heavy atom. The van der Waals surface area contributed by atoms with E-state index in [1.807, 2.05) is 0 Å². The van der Waals surface area contributed by atoms with Crippen LogP contribution >= 0.6 is 0 Å². The maximum Gasteiger partial charge on any atom is 0.225 e. The molecule has 1 rings (SSSR count). The molecule has 1 aliphatic rings. The third-order valence-electron chi connectivity index (χ3n) is 2.24. The third-order valence-corrected chi connectivity index (χ3v) is 3.49. The van der Waals surface area contributed by atoms with E-state index in [2.05, 4.69) is 4.72 Å². The van der Waals surface area contributed by atoms with Gasteiger partial charge in [-0.2, -0.15) is 5.26 Å². The van der Waals surface area contributed by atoms with Crippen LogP contribution in [0.4, 0.5) is 0 Å². The maximum absolute atomic E-state index is 11.2. The van der Waals surface area contributed by atoms with Crippen molar-refractivity contribution < 1.29 is 13.5 Å². The Morgan fingerprint density at radius 2 is 2.15 bits per heavy atom. The summed E-state index contributed by atoms with van der Waals surface area (Å²) in [6.45, 7) is -0.197. The molecule has 5 nitrogen and oxygen atoms in total. The van der Waals surface area contributed by atoms with Gasteiger partial charge in [-0.05, 0) is 19.3 Å². The smallest absolute Gasteiger partial charge is 0.225 e. The summed E-state index contributed by atoms with van der Waals surface area (Å²) < 4.78 is 24.7. The van der Waals surface area contributed by atoms with Gasteiger partial charge in [-0.1, -0.05) is 0 Å². The summed E-state index contributed by atoms with van der Waals surface area (Å²) in [7, 11) is -3.53. The molecule has 0 aliphatic heterocycles. The van der Waals surface area contributed by atoms with Gasteiger partial charge >= 0.3 is 0 Å². The molecule has 0 heterocycles. The Bertz CT molecular complexity index is 308. The Morgan fingerprint density at radius 1 is 1.54 bits per heavy atom. The summed E-state index contributed by atoms with van der Waals surface area (Å²) in [5, 5.41) is 17.2. The molecule has 13 heavy (non-hydrogen) atoms. The van der Waals surface area contributed by atoms with Gasteiger partial charge in [0.2, 0.25) is 10.0 Å². The van der Waals surface area contributed by atoms with Crippen LogP contribution in [0.25, 0.3) is 0 Å². The molecule has 0 saturated heterocycles. The lowest BCUT2D eigenvalue weighted by molar-refractivity contribution is 0.111. The van der Waals surface area contributed by atoms with Gasteiger partial charge in [-0.3, -0.25) is 0 Å². The molecule has 0 atom stereocenters. The largest absolute Gasteiger partial charge is 0.394 e. The molecule has 6 heteroatoms. The van der Waals surface area contributed by atoms with Crippen LogP contribution in [0.15, 0.2) is 0 Å². The molecule has 0 radical (unpaired) electrons. The van der Waals surface area contributed by atoms with Gasteiger partial charge in [0.25, 0.3) is 0 Å². The standard InChI is InChI=1S/C7H12N2O3S/c8-4-5-13(11,12)9-7(6-10)2-1-3-7/h9-10H,1-3,5-6H2. The molecule has 0 aromatic heterocycles. The molecular formula is C7H12N2O3S.